The molecule has 3 nitrogen and oxygen atoms in total. The molecule has 0 aromatic rings. The van der Waals surface area contributed by atoms with Crippen LogP contribution in [-0.4, -0.2) is 39.5 Å². The molecule has 0 aromatic carbocycles. The summed E-state index contributed by atoms with van der Waals surface area (Å²) in [6, 6.07) is 0. The van der Waals surface area contributed by atoms with Crippen molar-refractivity contribution in [1.29, 1.82) is 0 Å². The van der Waals surface area contributed by atoms with Crippen LogP contribution >= 0.6 is 0 Å². The third kappa shape index (κ3) is 7.72. The minimum Gasteiger partial charge on any atom is -0.382 e. The van der Waals surface area contributed by atoms with E-state index in [0.717, 1.165) is 19.7 Å². The largest absolute Gasteiger partial charge is 0.382 e. The molecule has 0 aliphatic carbocycles. The molecule has 0 aliphatic rings. The molecule has 1 atom stereocenters. The first-order valence-corrected chi connectivity index (χ1v) is 4.23. The Morgan fingerprint density at radius 3 is 2.92 bits per heavy atom. The van der Waals surface area contributed by atoms with Gasteiger partial charge in [-0.3, -0.25) is 0 Å². The molecule has 1 N–H and O–H groups in total. The van der Waals surface area contributed by atoms with E-state index in [1.54, 1.807) is 7.11 Å². The molecule has 3 heteroatoms. The highest BCUT2D eigenvalue weighted by Gasteiger charge is 1.98. The molecule has 0 bridgehead atoms. The zero-order valence-electron chi connectivity index (χ0n) is 8.01. The highest BCUT2D eigenvalue weighted by atomic mass is 16.5. The fourth-order valence-corrected chi connectivity index (χ4v) is 0.819. The van der Waals surface area contributed by atoms with Crippen LogP contribution in [0.5, 0.6) is 0 Å². The highest BCUT2D eigenvalue weighted by Crippen LogP contribution is 1.89. The van der Waals surface area contributed by atoms with E-state index in [-0.39, 0.29) is 6.10 Å². The van der Waals surface area contributed by atoms with Gasteiger partial charge in [-0.2, -0.15) is 0 Å². The average Bonchev–Trinajstić information content (AvgIpc) is 2.05. The van der Waals surface area contributed by atoms with Gasteiger partial charge in [0.2, 0.25) is 0 Å². The first kappa shape index (κ1) is 11.6. The average molecular weight is 173 g/mol. The molecular formula is C9H19NO2. The summed E-state index contributed by atoms with van der Waals surface area (Å²) in [5.74, 6) is 0. The molecule has 1 unspecified atom stereocenters. The van der Waals surface area contributed by atoms with Crippen LogP contribution in [0, 0.1) is 0 Å². The van der Waals surface area contributed by atoms with Crippen LogP contribution in [0.3, 0.4) is 0 Å². The Labute approximate surface area is 74.7 Å². The maximum absolute atomic E-state index is 5.41. The molecule has 0 saturated carbocycles. The monoisotopic (exact) mass is 173 g/mol. The van der Waals surface area contributed by atoms with Crippen LogP contribution in [0.2, 0.25) is 0 Å². The second-order valence-electron chi connectivity index (χ2n) is 2.63. The summed E-state index contributed by atoms with van der Waals surface area (Å²) < 4.78 is 10.3. The lowest BCUT2D eigenvalue weighted by molar-refractivity contribution is 0.0110. The van der Waals surface area contributed by atoms with Crippen LogP contribution in [0.25, 0.3) is 0 Å². The Hall–Kier alpha value is -0.380. The third-order valence-corrected chi connectivity index (χ3v) is 1.37. The molecule has 0 aromatic heterocycles. The molecule has 0 aliphatic heterocycles. The quantitative estimate of drug-likeness (QED) is 0.435. The highest BCUT2D eigenvalue weighted by molar-refractivity contribution is 4.69. The van der Waals surface area contributed by atoms with Crippen molar-refractivity contribution in [3.8, 4) is 0 Å². The molecule has 72 valence electrons. The van der Waals surface area contributed by atoms with Gasteiger partial charge in [0.15, 0.2) is 0 Å². The topological polar surface area (TPSA) is 30.5 Å². The van der Waals surface area contributed by atoms with E-state index in [9.17, 15) is 0 Å². The Bertz CT molecular complexity index is 107. The lowest BCUT2D eigenvalue weighted by atomic mass is 10.4. The van der Waals surface area contributed by atoms with Gasteiger partial charge in [-0.1, -0.05) is 6.08 Å². The molecule has 12 heavy (non-hydrogen) atoms. The molecule has 0 saturated heterocycles. The van der Waals surface area contributed by atoms with E-state index in [1.807, 2.05) is 13.0 Å². The van der Waals surface area contributed by atoms with Crippen molar-refractivity contribution in [3.63, 3.8) is 0 Å². The van der Waals surface area contributed by atoms with Gasteiger partial charge in [0.1, 0.15) is 0 Å². The molecule has 0 spiro atoms. The van der Waals surface area contributed by atoms with Crippen LogP contribution in [0.15, 0.2) is 12.7 Å². The van der Waals surface area contributed by atoms with Gasteiger partial charge in [-0.15, -0.1) is 6.58 Å². The normalized spacial score (nSPS) is 12.8. The zero-order valence-corrected chi connectivity index (χ0v) is 8.01. The van der Waals surface area contributed by atoms with Gasteiger partial charge in [0.25, 0.3) is 0 Å². The van der Waals surface area contributed by atoms with E-state index >= 15 is 0 Å². The van der Waals surface area contributed by atoms with Crippen LogP contribution in [-0.2, 0) is 9.47 Å². The van der Waals surface area contributed by atoms with Gasteiger partial charge in [-0.25, -0.2) is 0 Å². The van der Waals surface area contributed by atoms with E-state index in [4.69, 9.17) is 9.47 Å². The summed E-state index contributed by atoms with van der Waals surface area (Å²) in [5, 5.41) is 3.15. The maximum atomic E-state index is 5.41. The Morgan fingerprint density at radius 2 is 2.33 bits per heavy atom. The first-order chi connectivity index (χ1) is 5.81. The number of rotatable bonds is 8. The summed E-state index contributed by atoms with van der Waals surface area (Å²) in [7, 11) is 1.68. The number of methoxy groups -OCH3 is 1. The fourth-order valence-electron chi connectivity index (χ4n) is 0.819. The van der Waals surface area contributed by atoms with Crippen molar-refractivity contribution in [2.45, 2.75) is 13.0 Å². The summed E-state index contributed by atoms with van der Waals surface area (Å²) in [4.78, 5) is 0. The summed E-state index contributed by atoms with van der Waals surface area (Å²) >= 11 is 0. The van der Waals surface area contributed by atoms with Crippen molar-refractivity contribution < 1.29 is 9.47 Å². The Balaban J connectivity index is 3.02. The second-order valence-corrected chi connectivity index (χ2v) is 2.63. The van der Waals surface area contributed by atoms with Crippen molar-refractivity contribution >= 4 is 0 Å². The van der Waals surface area contributed by atoms with Crippen LogP contribution in [0.1, 0.15) is 6.92 Å². The summed E-state index contributed by atoms with van der Waals surface area (Å²) in [6.45, 7) is 8.67. The maximum Gasteiger partial charge on any atom is 0.0780 e. The Morgan fingerprint density at radius 1 is 1.58 bits per heavy atom. The van der Waals surface area contributed by atoms with Gasteiger partial charge in [0, 0.05) is 20.2 Å². The number of ether oxygens (including phenoxy) is 2. The lowest BCUT2D eigenvalue weighted by Gasteiger charge is -2.11. The first-order valence-electron chi connectivity index (χ1n) is 4.23. The SMILES string of the molecule is C=CCNCCOC(C)COC. The number of hydrogen-bond donors (Lipinski definition) is 1. The van der Waals surface area contributed by atoms with E-state index in [1.165, 1.54) is 0 Å². The molecule has 0 fully saturated rings. The zero-order chi connectivity index (χ0) is 9.23. The molecule has 0 radical (unpaired) electrons. The van der Waals surface area contributed by atoms with Crippen molar-refractivity contribution in [2.24, 2.45) is 0 Å². The summed E-state index contributed by atoms with van der Waals surface area (Å²) in [5.41, 5.74) is 0. The Kier molecular flexibility index (Phi) is 8.44. The second kappa shape index (κ2) is 8.71. The molecule has 0 rings (SSSR count). The van der Waals surface area contributed by atoms with Crippen molar-refractivity contribution in [2.75, 3.05) is 33.4 Å². The van der Waals surface area contributed by atoms with Crippen LogP contribution < -0.4 is 5.32 Å². The van der Waals surface area contributed by atoms with E-state index in [0.29, 0.717) is 6.61 Å². The predicted molar refractivity (Wildman–Crippen MR) is 50.4 cm³/mol. The van der Waals surface area contributed by atoms with Gasteiger partial charge in [0.05, 0.1) is 19.3 Å². The van der Waals surface area contributed by atoms with Crippen LogP contribution in [0.4, 0.5) is 0 Å². The molecule has 0 heterocycles. The van der Waals surface area contributed by atoms with E-state index < -0.39 is 0 Å². The van der Waals surface area contributed by atoms with Crippen molar-refractivity contribution in [1.82, 2.24) is 5.32 Å². The number of nitrogens with one attached hydrogen (secondary N) is 1. The predicted octanol–water partition coefficient (Wildman–Crippen LogP) is 0.813. The summed E-state index contributed by atoms with van der Waals surface area (Å²) in [6.07, 6.45) is 2.01. The molecular weight excluding hydrogens is 154 g/mol. The lowest BCUT2D eigenvalue weighted by Crippen LogP contribution is -2.23. The third-order valence-electron chi connectivity index (χ3n) is 1.37. The van der Waals surface area contributed by atoms with Crippen molar-refractivity contribution in [3.05, 3.63) is 12.7 Å². The minimum atomic E-state index is 0.181. The standard InChI is InChI=1S/C9H19NO2/c1-4-5-10-6-7-12-9(2)8-11-3/h4,9-10H,1,5-8H2,2-3H3. The smallest absolute Gasteiger partial charge is 0.0780 e. The minimum absolute atomic E-state index is 0.181. The van der Waals surface area contributed by atoms with E-state index in [2.05, 4.69) is 11.9 Å². The number of hydrogen-bond acceptors (Lipinski definition) is 3. The molecule has 0 amide bonds. The van der Waals surface area contributed by atoms with Gasteiger partial charge < -0.3 is 14.8 Å². The fraction of sp³-hybridized carbons (Fsp3) is 0.778. The van der Waals surface area contributed by atoms with Gasteiger partial charge in [-0.05, 0) is 6.92 Å². The van der Waals surface area contributed by atoms with Gasteiger partial charge >= 0.3 is 0 Å².